The molecule has 0 aliphatic carbocycles. The highest BCUT2D eigenvalue weighted by molar-refractivity contribution is 7.89. The van der Waals surface area contributed by atoms with E-state index in [-0.39, 0.29) is 10.6 Å². The van der Waals surface area contributed by atoms with Gasteiger partial charge in [-0.15, -0.1) is 0 Å². The second-order valence-corrected chi connectivity index (χ2v) is 6.98. The lowest BCUT2D eigenvalue weighted by Crippen LogP contribution is -2.42. The van der Waals surface area contributed by atoms with E-state index >= 15 is 0 Å². The molecule has 1 saturated heterocycles. The van der Waals surface area contributed by atoms with E-state index in [0.717, 1.165) is 31.6 Å². The van der Waals surface area contributed by atoms with Gasteiger partial charge in [0.05, 0.1) is 5.69 Å². The molecule has 0 atom stereocenters. The number of hydrogen-bond acceptors (Lipinski definition) is 5. The first kappa shape index (κ1) is 15.1. The molecule has 1 aliphatic heterocycles. The highest BCUT2D eigenvalue weighted by atomic mass is 32.2. The first-order valence-corrected chi connectivity index (χ1v) is 8.17. The summed E-state index contributed by atoms with van der Waals surface area (Å²) in [6, 6.07) is 5.55. The van der Waals surface area contributed by atoms with Gasteiger partial charge in [0.25, 0.3) is 0 Å². The minimum Gasteiger partial charge on any atom is -0.398 e. The van der Waals surface area contributed by atoms with Gasteiger partial charge in [-0.05, 0) is 45.1 Å². The lowest BCUT2D eigenvalue weighted by Gasteiger charge is -2.36. The summed E-state index contributed by atoms with van der Waals surface area (Å²) in [5.41, 5.74) is 6.95. The molecule has 1 heterocycles. The normalized spacial score (nSPS) is 17.7. The fraction of sp³-hybridized carbons (Fsp3) is 0.538. The Hall–Kier alpha value is -1.31. The van der Waals surface area contributed by atoms with E-state index in [1.165, 1.54) is 6.07 Å². The van der Waals surface area contributed by atoms with Crippen molar-refractivity contribution >= 4 is 21.4 Å². The van der Waals surface area contributed by atoms with Crippen LogP contribution in [0, 0.1) is 0 Å². The van der Waals surface area contributed by atoms with Gasteiger partial charge in [-0.3, -0.25) is 0 Å². The lowest BCUT2D eigenvalue weighted by molar-refractivity contribution is 0.249. The predicted molar refractivity (Wildman–Crippen MR) is 81.1 cm³/mol. The van der Waals surface area contributed by atoms with Crippen LogP contribution in [0.1, 0.15) is 12.8 Å². The third kappa shape index (κ3) is 3.23. The van der Waals surface area contributed by atoms with Crippen LogP contribution in [-0.2, 0) is 10.0 Å². The van der Waals surface area contributed by atoms with Crippen molar-refractivity contribution in [1.29, 1.82) is 0 Å². The van der Waals surface area contributed by atoms with E-state index in [9.17, 15) is 8.42 Å². The van der Waals surface area contributed by atoms with Crippen LogP contribution in [-0.4, -0.2) is 46.5 Å². The average molecular weight is 298 g/mol. The Morgan fingerprint density at radius 3 is 2.30 bits per heavy atom. The Bertz CT molecular complexity index is 578. The maximum Gasteiger partial charge on any atom is 0.240 e. The zero-order valence-electron chi connectivity index (χ0n) is 11.9. The number of primary sulfonamides is 1. The Labute approximate surface area is 120 Å². The van der Waals surface area contributed by atoms with Gasteiger partial charge in [0.2, 0.25) is 10.0 Å². The van der Waals surface area contributed by atoms with Gasteiger partial charge >= 0.3 is 0 Å². The van der Waals surface area contributed by atoms with Crippen LogP contribution in [0.3, 0.4) is 0 Å². The molecule has 0 saturated carbocycles. The van der Waals surface area contributed by atoms with Gasteiger partial charge in [-0.2, -0.15) is 0 Å². The van der Waals surface area contributed by atoms with Gasteiger partial charge in [0.15, 0.2) is 0 Å². The van der Waals surface area contributed by atoms with Crippen LogP contribution < -0.4 is 15.8 Å². The monoisotopic (exact) mass is 298 g/mol. The molecule has 1 fully saturated rings. The fourth-order valence-corrected chi connectivity index (χ4v) is 3.28. The number of nitrogens with zero attached hydrogens (tertiary/aromatic N) is 2. The molecule has 7 heteroatoms. The van der Waals surface area contributed by atoms with Crippen molar-refractivity contribution in [1.82, 2.24) is 4.90 Å². The molecule has 4 N–H and O–H groups in total. The summed E-state index contributed by atoms with van der Waals surface area (Å²) >= 11 is 0. The fourth-order valence-electron chi connectivity index (χ4n) is 2.63. The van der Waals surface area contributed by atoms with E-state index in [1.807, 2.05) is 0 Å². The predicted octanol–water partition coefficient (Wildman–Crippen LogP) is 0.447. The third-order valence-corrected chi connectivity index (χ3v) is 4.84. The van der Waals surface area contributed by atoms with Gasteiger partial charge in [-0.25, -0.2) is 13.6 Å². The van der Waals surface area contributed by atoms with Crippen LogP contribution in [0.2, 0.25) is 0 Å². The first-order valence-electron chi connectivity index (χ1n) is 6.63. The number of nitrogen functional groups attached to an aromatic ring is 1. The molecule has 0 aromatic heterocycles. The van der Waals surface area contributed by atoms with Crippen molar-refractivity contribution in [2.24, 2.45) is 5.14 Å². The number of anilines is 2. The molecule has 0 spiro atoms. The Morgan fingerprint density at radius 1 is 1.25 bits per heavy atom. The maximum absolute atomic E-state index is 11.3. The van der Waals surface area contributed by atoms with Gasteiger partial charge in [-0.1, -0.05) is 0 Å². The Balaban J connectivity index is 2.14. The first-order chi connectivity index (χ1) is 9.29. The molecule has 2 rings (SSSR count). The summed E-state index contributed by atoms with van der Waals surface area (Å²) in [5.74, 6) is 0. The summed E-state index contributed by atoms with van der Waals surface area (Å²) in [6.45, 7) is 1.88. The number of rotatable bonds is 3. The van der Waals surface area contributed by atoms with Crippen molar-refractivity contribution < 1.29 is 8.42 Å². The van der Waals surface area contributed by atoms with Crippen LogP contribution in [0.25, 0.3) is 0 Å². The van der Waals surface area contributed by atoms with Crippen molar-refractivity contribution in [3.63, 3.8) is 0 Å². The van der Waals surface area contributed by atoms with Gasteiger partial charge in [0, 0.05) is 24.8 Å². The largest absolute Gasteiger partial charge is 0.398 e. The topological polar surface area (TPSA) is 92.7 Å². The molecule has 112 valence electrons. The van der Waals surface area contributed by atoms with E-state index in [1.54, 1.807) is 12.1 Å². The zero-order chi connectivity index (χ0) is 14.9. The molecule has 0 bridgehead atoms. The van der Waals surface area contributed by atoms with Crippen molar-refractivity contribution in [2.45, 2.75) is 23.8 Å². The minimum atomic E-state index is -3.75. The summed E-state index contributed by atoms with van der Waals surface area (Å²) in [4.78, 5) is 4.46. The summed E-state index contributed by atoms with van der Waals surface area (Å²) in [5, 5.41) is 5.11. The minimum absolute atomic E-state index is 0.00979. The standard InChI is InChI=1S/C13H22N4O2S/c1-16(2)10-5-7-17(8-6-10)11-3-4-13(12(14)9-11)20(15,18)19/h3-4,9-10H,5-8,14H2,1-2H3,(H2,15,18,19). The SMILES string of the molecule is CN(C)C1CCN(c2ccc(S(N)(=O)=O)c(N)c2)CC1. The molecule has 0 unspecified atom stereocenters. The average Bonchev–Trinajstić information content (AvgIpc) is 2.37. The molecule has 1 aliphatic rings. The van der Waals surface area contributed by atoms with Gasteiger partial charge < -0.3 is 15.5 Å². The molecule has 0 amide bonds. The van der Waals surface area contributed by atoms with E-state index < -0.39 is 10.0 Å². The molecule has 1 aromatic carbocycles. The van der Waals surface area contributed by atoms with E-state index in [4.69, 9.17) is 10.9 Å². The summed E-state index contributed by atoms with van der Waals surface area (Å²) in [6.07, 6.45) is 2.17. The molecular formula is C13H22N4O2S. The summed E-state index contributed by atoms with van der Waals surface area (Å²) in [7, 11) is 0.442. The second-order valence-electron chi connectivity index (χ2n) is 5.45. The third-order valence-electron chi connectivity index (χ3n) is 3.86. The number of benzene rings is 1. The van der Waals surface area contributed by atoms with Crippen molar-refractivity contribution in [3.8, 4) is 0 Å². The second kappa shape index (κ2) is 5.59. The lowest BCUT2D eigenvalue weighted by atomic mass is 10.0. The van der Waals surface area contributed by atoms with E-state index in [2.05, 4.69) is 23.9 Å². The highest BCUT2D eigenvalue weighted by Gasteiger charge is 2.21. The van der Waals surface area contributed by atoms with Crippen molar-refractivity contribution in [3.05, 3.63) is 18.2 Å². The van der Waals surface area contributed by atoms with E-state index in [0.29, 0.717) is 6.04 Å². The number of nitrogens with two attached hydrogens (primary N) is 2. The molecule has 20 heavy (non-hydrogen) atoms. The molecular weight excluding hydrogens is 276 g/mol. The quantitative estimate of drug-likeness (QED) is 0.790. The molecule has 6 nitrogen and oxygen atoms in total. The highest BCUT2D eigenvalue weighted by Crippen LogP contribution is 2.27. The zero-order valence-corrected chi connectivity index (χ0v) is 12.7. The number of hydrogen-bond donors (Lipinski definition) is 2. The smallest absolute Gasteiger partial charge is 0.240 e. The molecule has 0 radical (unpaired) electrons. The van der Waals surface area contributed by atoms with Gasteiger partial charge in [0.1, 0.15) is 4.90 Å². The van der Waals surface area contributed by atoms with Crippen LogP contribution in [0.5, 0.6) is 0 Å². The Kier molecular flexibility index (Phi) is 4.22. The number of piperidine rings is 1. The van der Waals surface area contributed by atoms with Crippen LogP contribution in [0.4, 0.5) is 11.4 Å². The summed E-state index contributed by atoms with van der Waals surface area (Å²) < 4.78 is 22.7. The van der Waals surface area contributed by atoms with Crippen LogP contribution >= 0.6 is 0 Å². The Morgan fingerprint density at radius 2 is 1.85 bits per heavy atom. The van der Waals surface area contributed by atoms with Crippen molar-refractivity contribution in [2.75, 3.05) is 37.8 Å². The number of sulfonamides is 1. The maximum atomic E-state index is 11.3. The van der Waals surface area contributed by atoms with Crippen LogP contribution in [0.15, 0.2) is 23.1 Å². The molecule has 1 aromatic rings.